The van der Waals surface area contributed by atoms with Crippen molar-refractivity contribution in [2.45, 2.75) is 0 Å². The van der Waals surface area contributed by atoms with Crippen LogP contribution in [0.1, 0.15) is 15.9 Å². The molecule has 2 N–H and O–H groups in total. The number of rotatable bonds is 12. The van der Waals surface area contributed by atoms with Gasteiger partial charge in [-0.15, -0.1) is 0 Å². The summed E-state index contributed by atoms with van der Waals surface area (Å²) < 4.78 is 18.6. The van der Waals surface area contributed by atoms with Gasteiger partial charge < -0.3 is 24.1 Å². The third kappa shape index (κ3) is 7.69. The minimum Gasteiger partial charge on any atom is -0.495 e. The second-order valence-corrected chi connectivity index (χ2v) is 10.9. The Morgan fingerprint density at radius 2 is 1.29 bits per heavy atom. The Morgan fingerprint density at radius 1 is 0.673 bits per heavy atom. The molecule has 6 rings (SSSR count). The van der Waals surface area contributed by atoms with Crippen LogP contribution in [0.3, 0.4) is 0 Å². The molecule has 6 aromatic rings. The van der Waals surface area contributed by atoms with Gasteiger partial charge in [-0.3, -0.25) is 9.59 Å². The summed E-state index contributed by atoms with van der Waals surface area (Å²) in [6.07, 6.45) is 1.51. The summed E-state index contributed by atoms with van der Waals surface area (Å²) in [5.41, 5.74) is 9.45. The van der Waals surface area contributed by atoms with Crippen molar-refractivity contribution in [1.82, 2.24) is 9.99 Å². The fourth-order valence-corrected chi connectivity index (χ4v) is 5.34. The van der Waals surface area contributed by atoms with Gasteiger partial charge in [-0.1, -0.05) is 72.8 Å². The van der Waals surface area contributed by atoms with Gasteiger partial charge in [-0.05, 0) is 83.4 Å². The van der Waals surface area contributed by atoms with Crippen LogP contribution in [0.25, 0.3) is 28.2 Å². The molecule has 0 saturated carbocycles. The van der Waals surface area contributed by atoms with Crippen molar-refractivity contribution in [2.75, 3.05) is 26.1 Å². The number of carbonyl (C=O) groups excluding carboxylic acids is 2. The quantitative estimate of drug-likeness (QED) is 0.105. The molecule has 0 aliphatic rings. The van der Waals surface area contributed by atoms with Crippen LogP contribution in [0.15, 0.2) is 145 Å². The highest BCUT2D eigenvalue weighted by atomic mass is 16.5. The topological polar surface area (TPSA) is 103 Å². The van der Waals surface area contributed by atoms with Crippen LogP contribution >= 0.6 is 0 Å². The molecule has 0 atom stereocenters. The first-order chi connectivity index (χ1) is 24.0. The smallest absolute Gasteiger partial charge is 0.271 e. The van der Waals surface area contributed by atoms with Crippen LogP contribution in [0.2, 0.25) is 0 Å². The Labute approximate surface area is 284 Å². The van der Waals surface area contributed by atoms with Gasteiger partial charge in [0.05, 0.1) is 37.5 Å². The first kappa shape index (κ1) is 32.3. The summed E-state index contributed by atoms with van der Waals surface area (Å²) in [7, 11) is 3.04. The first-order valence-electron chi connectivity index (χ1n) is 15.5. The summed E-state index contributed by atoms with van der Waals surface area (Å²) in [5, 5.41) is 6.91. The lowest BCUT2D eigenvalue weighted by Gasteiger charge is -2.15. The molecule has 49 heavy (non-hydrogen) atoms. The van der Waals surface area contributed by atoms with Crippen LogP contribution in [-0.2, 0) is 4.79 Å². The lowest BCUT2D eigenvalue weighted by atomic mass is 10.1. The van der Waals surface area contributed by atoms with E-state index in [1.54, 1.807) is 48.5 Å². The average molecular weight is 651 g/mol. The molecule has 0 spiro atoms. The Bertz CT molecular complexity index is 2020. The van der Waals surface area contributed by atoms with E-state index in [1.807, 2.05) is 54.6 Å². The molecule has 0 aliphatic carbocycles. The number of nitrogens with zero attached hydrogens (tertiary/aromatic N) is 2. The molecule has 1 heterocycles. The number of aromatic nitrogens is 1. The molecular weight excluding hydrogens is 616 g/mol. The van der Waals surface area contributed by atoms with Crippen molar-refractivity contribution in [3.05, 3.63) is 151 Å². The Morgan fingerprint density at radius 3 is 1.92 bits per heavy atom. The highest BCUT2D eigenvalue weighted by molar-refractivity contribution is 5.95. The van der Waals surface area contributed by atoms with E-state index in [9.17, 15) is 9.59 Å². The van der Waals surface area contributed by atoms with E-state index in [0.717, 1.165) is 28.2 Å². The van der Waals surface area contributed by atoms with Crippen LogP contribution < -0.4 is 25.0 Å². The van der Waals surface area contributed by atoms with Crippen LogP contribution in [0.5, 0.6) is 17.2 Å². The maximum Gasteiger partial charge on any atom is 0.271 e. The predicted octanol–water partition coefficient (Wildman–Crippen LogP) is 7.61. The standard InChI is InChI=1S/C40H34N4O5/c1-47-36-16-10-9-15-33(36)42-39(45)27-49-37-24-17-28(25-38(37)48-2)26-41-43-40(46)31-18-20-32(21-19-31)44-34(29-11-5-3-6-12-29)22-23-35(44)30-13-7-4-8-14-30/h3-26H,27H2,1-2H3,(H,42,45)(H,43,46)/b41-26-. The Kier molecular flexibility index (Phi) is 10.1. The number of methoxy groups -OCH3 is 2. The molecule has 9 heteroatoms. The SMILES string of the molecule is COc1ccccc1NC(=O)COc1ccc(/C=N\NC(=O)c2ccc(-n3c(-c4ccccc4)ccc3-c3ccccc3)cc2)cc1OC. The van der Waals surface area contributed by atoms with Crippen molar-refractivity contribution >= 4 is 23.7 Å². The van der Waals surface area contributed by atoms with Gasteiger partial charge in [0.15, 0.2) is 18.1 Å². The number of hydrogen-bond donors (Lipinski definition) is 2. The molecule has 5 aromatic carbocycles. The fourth-order valence-electron chi connectivity index (χ4n) is 5.34. The van der Waals surface area contributed by atoms with E-state index < -0.39 is 0 Å². The van der Waals surface area contributed by atoms with Crippen LogP contribution in [-0.4, -0.2) is 43.4 Å². The average Bonchev–Trinajstić information content (AvgIpc) is 3.60. The van der Waals surface area contributed by atoms with Crippen molar-refractivity contribution < 1.29 is 23.8 Å². The summed E-state index contributed by atoms with van der Waals surface area (Å²) in [5.74, 6) is 0.635. The minimum atomic E-state index is -0.352. The van der Waals surface area contributed by atoms with Crippen molar-refractivity contribution in [3.63, 3.8) is 0 Å². The zero-order chi connectivity index (χ0) is 34.0. The fraction of sp³-hybridized carbons (Fsp3) is 0.0750. The molecule has 2 amide bonds. The van der Waals surface area contributed by atoms with Gasteiger partial charge in [0.1, 0.15) is 5.75 Å². The summed E-state index contributed by atoms with van der Waals surface area (Å²) in [6, 6.07) is 44.3. The van der Waals surface area contributed by atoms with Crippen LogP contribution in [0, 0.1) is 0 Å². The maximum atomic E-state index is 13.0. The number of hydrogen-bond acceptors (Lipinski definition) is 6. The van der Waals surface area contributed by atoms with Crippen LogP contribution in [0.4, 0.5) is 5.69 Å². The number of hydrazone groups is 1. The first-order valence-corrected chi connectivity index (χ1v) is 15.5. The van der Waals surface area contributed by atoms with E-state index in [1.165, 1.54) is 20.4 Å². The molecule has 1 aromatic heterocycles. The molecule has 0 fully saturated rings. The summed E-state index contributed by atoms with van der Waals surface area (Å²) in [4.78, 5) is 25.5. The van der Waals surface area contributed by atoms with Gasteiger partial charge in [0.2, 0.25) is 0 Å². The molecule has 0 saturated heterocycles. The van der Waals surface area contributed by atoms with E-state index in [2.05, 4.69) is 56.8 Å². The third-order valence-corrected chi connectivity index (χ3v) is 7.71. The Balaban J connectivity index is 1.11. The highest BCUT2D eigenvalue weighted by Gasteiger charge is 2.15. The highest BCUT2D eigenvalue weighted by Crippen LogP contribution is 2.33. The minimum absolute atomic E-state index is 0.234. The predicted molar refractivity (Wildman–Crippen MR) is 192 cm³/mol. The lowest BCUT2D eigenvalue weighted by molar-refractivity contribution is -0.118. The number of nitrogens with one attached hydrogen (secondary N) is 2. The maximum absolute atomic E-state index is 13.0. The van der Waals surface area contributed by atoms with Gasteiger partial charge >= 0.3 is 0 Å². The lowest BCUT2D eigenvalue weighted by Crippen LogP contribution is -2.20. The second kappa shape index (κ2) is 15.3. The number of anilines is 1. The van der Waals surface area contributed by atoms with Gasteiger partial charge in [-0.2, -0.15) is 5.10 Å². The molecule has 0 aliphatic heterocycles. The number of carbonyl (C=O) groups is 2. The van der Waals surface area contributed by atoms with E-state index in [0.29, 0.717) is 34.1 Å². The molecule has 0 radical (unpaired) electrons. The summed E-state index contributed by atoms with van der Waals surface area (Å²) >= 11 is 0. The molecule has 0 bridgehead atoms. The number of ether oxygens (including phenoxy) is 3. The zero-order valence-electron chi connectivity index (χ0n) is 27.0. The van der Waals surface area contributed by atoms with Gasteiger partial charge in [0.25, 0.3) is 11.8 Å². The van der Waals surface area contributed by atoms with E-state index >= 15 is 0 Å². The molecular formula is C40H34N4O5. The monoisotopic (exact) mass is 650 g/mol. The normalized spacial score (nSPS) is 10.8. The number of para-hydroxylation sites is 2. The zero-order valence-corrected chi connectivity index (χ0v) is 27.0. The van der Waals surface area contributed by atoms with Crippen molar-refractivity contribution in [1.29, 1.82) is 0 Å². The van der Waals surface area contributed by atoms with Crippen molar-refractivity contribution in [3.8, 4) is 45.5 Å². The van der Waals surface area contributed by atoms with Crippen molar-refractivity contribution in [2.24, 2.45) is 5.10 Å². The molecule has 0 unspecified atom stereocenters. The number of amides is 2. The molecule has 244 valence electrons. The largest absolute Gasteiger partial charge is 0.495 e. The summed E-state index contributed by atoms with van der Waals surface area (Å²) in [6.45, 7) is -0.234. The Hall–Kier alpha value is -6.61. The van der Waals surface area contributed by atoms with Gasteiger partial charge in [0, 0.05) is 11.3 Å². The van der Waals surface area contributed by atoms with E-state index in [4.69, 9.17) is 14.2 Å². The second-order valence-electron chi connectivity index (χ2n) is 10.9. The van der Waals surface area contributed by atoms with E-state index in [-0.39, 0.29) is 18.4 Å². The third-order valence-electron chi connectivity index (χ3n) is 7.71. The molecule has 9 nitrogen and oxygen atoms in total. The van der Waals surface area contributed by atoms with Gasteiger partial charge in [-0.25, -0.2) is 5.43 Å². The number of benzene rings is 5.